The second-order valence-electron chi connectivity index (χ2n) is 9.01. The van der Waals surface area contributed by atoms with Gasteiger partial charge in [0.2, 0.25) is 0 Å². The SMILES string of the molecule is C=Cc1[nH]c2c(c1/C=C\C)c1c(c3c2c2ccccc2n3-c2ccccc2)Cc2ccccc2-1. The van der Waals surface area contributed by atoms with Gasteiger partial charge in [-0.25, -0.2) is 0 Å². The molecule has 0 fully saturated rings. The number of aromatic amines is 1. The van der Waals surface area contributed by atoms with Gasteiger partial charge in [0, 0.05) is 39.5 Å². The molecule has 6 aromatic rings. The fourth-order valence-electron chi connectivity index (χ4n) is 5.95. The van der Waals surface area contributed by atoms with E-state index in [2.05, 4.69) is 114 Å². The molecule has 0 spiro atoms. The summed E-state index contributed by atoms with van der Waals surface area (Å²) in [4.78, 5) is 3.78. The number of hydrogen-bond acceptors (Lipinski definition) is 0. The van der Waals surface area contributed by atoms with Crippen LogP contribution in [0.15, 0.2) is 91.5 Å². The molecule has 1 aliphatic rings. The number of fused-ring (bicyclic) bond motifs is 10. The predicted octanol–water partition coefficient (Wildman–Crippen LogP) is 8.51. The summed E-state index contributed by atoms with van der Waals surface area (Å²) in [5.74, 6) is 0. The van der Waals surface area contributed by atoms with E-state index in [0.29, 0.717) is 0 Å². The van der Waals surface area contributed by atoms with Gasteiger partial charge in [0.1, 0.15) is 0 Å². The summed E-state index contributed by atoms with van der Waals surface area (Å²) in [5, 5.41) is 3.87. The van der Waals surface area contributed by atoms with Crippen molar-refractivity contribution in [3.63, 3.8) is 0 Å². The summed E-state index contributed by atoms with van der Waals surface area (Å²) in [7, 11) is 0. The summed E-state index contributed by atoms with van der Waals surface area (Å²) in [6.45, 7) is 6.21. The lowest BCUT2D eigenvalue weighted by Crippen LogP contribution is -1.97. The number of para-hydroxylation sites is 2. The maximum absolute atomic E-state index is 4.13. The van der Waals surface area contributed by atoms with Crippen LogP contribution in [0.25, 0.3) is 61.7 Å². The van der Waals surface area contributed by atoms with Crippen molar-refractivity contribution in [1.29, 1.82) is 0 Å². The van der Waals surface area contributed by atoms with Gasteiger partial charge in [-0.05, 0) is 53.5 Å². The summed E-state index contributed by atoms with van der Waals surface area (Å²) >= 11 is 0. The highest BCUT2D eigenvalue weighted by Crippen LogP contribution is 2.50. The van der Waals surface area contributed by atoms with Crippen LogP contribution in [-0.2, 0) is 6.42 Å². The minimum atomic E-state index is 0.936. The Morgan fingerprint density at radius 2 is 1.65 bits per heavy atom. The summed E-state index contributed by atoms with van der Waals surface area (Å²) in [6.07, 6.45) is 7.23. The third-order valence-electron chi connectivity index (χ3n) is 7.24. The lowest BCUT2D eigenvalue weighted by molar-refractivity contribution is 1.15. The van der Waals surface area contributed by atoms with Crippen molar-refractivity contribution >= 4 is 44.9 Å². The normalized spacial score (nSPS) is 12.7. The standard InChI is InChI=1S/C32H24N2/c1-3-12-23-26(4-2)33-31-29(23)28-22-16-9-8-13-20(22)19-25(28)32-30(31)24-17-10-11-18-27(24)34(32)21-14-6-5-7-15-21/h3-18,33H,2,19H2,1H3/b12-3-. The highest BCUT2D eigenvalue weighted by Gasteiger charge is 2.30. The fourth-order valence-corrected chi connectivity index (χ4v) is 5.95. The summed E-state index contributed by atoms with van der Waals surface area (Å²) in [6, 6.07) is 28.4. The van der Waals surface area contributed by atoms with Crippen LogP contribution in [0.1, 0.15) is 29.3 Å². The molecule has 0 amide bonds. The molecule has 2 aromatic heterocycles. The number of benzene rings is 4. The van der Waals surface area contributed by atoms with E-state index in [4.69, 9.17) is 0 Å². The first kappa shape index (κ1) is 19.2. The molecule has 0 atom stereocenters. The molecule has 0 bridgehead atoms. The van der Waals surface area contributed by atoms with Crippen LogP contribution in [0, 0.1) is 0 Å². The molecule has 34 heavy (non-hydrogen) atoms. The van der Waals surface area contributed by atoms with E-state index < -0.39 is 0 Å². The second kappa shape index (κ2) is 7.10. The van der Waals surface area contributed by atoms with Crippen molar-refractivity contribution in [3.8, 4) is 16.8 Å². The first-order valence-electron chi connectivity index (χ1n) is 11.8. The monoisotopic (exact) mass is 436 g/mol. The molecular weight excluding hydrogens is 412 g/mol. The maximum Gasteiger partial charge on any atom is 0.0604 e. The molecule has 2 heterocycles. The minimum absolute atomic E-state index is 0.936. The van der Waals surface area contributed by atoms with Gasteiger partial charge in [-0.3, -0.25) is 0 Å². The van der Waals surface area contributed by atoms with E-state index >= 15 is 0 Å². The zero-order chi connectivity index (χ0) is 22.8. The Morgan fingerprint density at radius 1 is 0.882 bits per heavy atom. The van der Waals surface area contributed by atoms with Crippen molar-refractivity contribution in [2.24, 2.45) is 0 Å². The zero-order valence-electron chi connectivity index (χ0n) is 19.1. The van der Waals surface area contributed by atoms with Crippen molar-refractivity contribution < 1.29 is 0 Å². The Labute approximate surface area is 198 Å². The number of nitrogens with zero attached hydrogens (tertiary/aromatic N) is 1. The quantitative estimate of drug-likeness (QED) is 0.287. The van der Waals surface area contributed by atoms with E-state index in [1.165, 1.54) is 66.2 Å². The van der Waals surface area contributed by atoms with Gasteiger partial charge in [-0.2, -0.15) is 0 Å². The molecule has 0 aliphatic heterocycles. The van der Waals surface area contributed by atoms with Gasteiger partial charge < -0.3 is 9.55 Å². The van der Waals surface area contributed by atoms with Crippen molar-refractivity contribution in [1.82, 2.24) is 9.55 Å². The molecule has 162 valence electrons. The average molecular weight is 437 g/mol. The smallest absolute Gasteiger partial charge is 0.0604 e. The van der Waals surface area contributed by atoms with Gasteiger partial charge >= 0.3 is 0 Å². The lowest BCUT2D eigenvalue weighted by atomic mass is 9.94. The van der Waals surface area contributed by atoms with Gasteiger partial charge in [0.05, 0.1) is 16.6 Å². The van der Waals surface area contributed by atoms with Gasteiger partial charge in [-0.1, -0.05) is 79.4 Å². The first-order valence-corrected chi connectivity index (χ1v) is 11.8. The van der Waals surface area contributed by atoms with Crippen LogP contribution >= 0.6 is 0 Å². The van der Waals surface area contributed by atoms with Crippen LogP contribution in [0.3, 0.4) is 0 Å². The van der Waals surface area contributed by atoms with Crippen LogP contribution in [0.4, 0.5) is 0 Å². The maximum atomic E-state index is 4.13. The summed E-state index contributed by atoms with van der Waals surface area (Å²) < 4.78 is 2.46. The molecule has 2 heteroatoms. The van der Waals surface area contributed by atoms with Gasteiger partial charge in [-0.15, -0.1) is 0 Å². The van der Waals surface area contributed by atoms with E-state index in [-0.39, 0.29) is 0 Å². The molecule has 0 radical (unpaired) electrons. The van der Waals surface area contributed by atoms with E-state index in [1.807, 2.05) is 6.08 Å². The minimum Gasteiger partial charge on any atom is -0.354 e. The number of nitrogens with one attached hydrogen (secondary N) is 1. The Kier molecular flexibility index (Phi) is 4.01. The van der Waals surface area contributed by atoms with Crippen molar-refractivity contribution in [2.45, 2.75) is 13.3 Å². The third kappa shape index (κ3) is 2.40. The van der Waals surface area contributed by atoms with Gasteiger partial charge in [0.15, 0.2) is 0 Å². The predicted molar refractivity (Wildman–Crippen MR) is 146 cm³/mol. The number of H-pyrrole nitrogens is 1. The van der Waals surface area contributed by atoms with Gasteiger partial charge in [0.25, 0.3) is 0 Å². The van der Waals surface area contributed by atoms with Crippen LogP contribution in [0.2, 0.25) is 0 Å². The first-order chi connectivity index (χ1) is 16.8. The Balaban J connectivity index is 1.81. The fraction of sp³-hybridized carbons (Fsp3) is 0.0625. The molecule has 0 saturated carbocycles. The molecule has 0 saturated heterocycles. The van der Waals surface area contributed by atoms with Crippen molar-refractivity contribution in [3.05, 3.63) is 114 Å². The Morgan fingerprint density at radius 3 is 2.47 bits per heavy atom. The molecule has 4 aromatic carbocycles. The van der Waals surface area contributed by atoms with Crippen molar-refractivity contribution in [2.75, 3.05) is 0 Å². The average Bonchev–Trinajstić information content (AvgIpc) is 3.54. The summed E-state index contributed by atoms with van der Waals surface area (Å²) in [5.41, 5.74) is 12.7. The lowest BCUT2D eigenvalue weighted by Gasteiger charge is -2.13. The molecule has 2 nitrogen and oxygen atoms in total. The van der Waals surface area contributed by atoms with E-state index in [9.17, 15) is 0 Å². The van der Waals surface area contributed by atoms with Crippen LogP contribution in [-0.4, -0.2) is 9.55 Å². The third-order valence-corrected chi connectivity index (χ3v) is 7.24. The molecule has 0 unspecified atom stereocenters. The number of hydrogen-bond donors (Lipinski definition) is 1. The number of rotatable bonds is 3. The highest BCUT2D eigenvalue weighted by atomic mass is 15.0. The topological polar surface area (TPSA) is 20.7 Å². The van der Waals surface area contributed by atoms with E-state index in [0.717, 1.165) is 12.1 Å². The molecule has 1 aliphatic carbocycles. The molecule has 7 rings (SSSR count). The number of aromatic nitrogens is 2. The molecule has 1 N–H and O–H groups in total. The van der Waals surface area contributed by atoms with Crippen LogP contribution < -0.4 is 0 Å². The van der Waals surface area contributed by atoms with Crippen LogP contribution in [0.5, 0.6) is 0 Å². The highest BCUT2D eigenvalue weighted by molar-refractivity contribution is 6.27. The Hall–Kier alpha value is -4.30. The second-order valence-corrected chi connectivity index (χ2v) is 9.01. The molecular formula is C32H24N2. The largest absolute Gasteiger partial charge is 0.354 e. The number of allylic oxidation sites excluding steroid dienone is 1. The van der Waals surface area contributed by atoms with E-state index in [1.54, 1.807) is 0 Å². The Bertz CT molecular complexity index is 1790. The zero-order valence-corrected chi connectivity index (χ0v) is 19.1.